The van der Waals surface area contributed by atoms with Crippen molar-refractivity contribution >= 4 is 16.6 Å². The number of anilines is 1. The van der Waals surface area contributed by atoms with Crippen LogP contribution in [-0.4, -0.2) is 24.2 Å². The number of aromatic nitrogens is 1. The van der Waals surface area contributed by atoms with Gasteiger partial charge in [-0.25, -0.2) is 4.98 Å². The van der Waals surface area contributed by atoms with E-state index in [-0.39, 0.29) is 6.04 Å². The lowest BCUT2D eigenvalue weighted by Crippen LogP contribution is -2.42. The molecule has 0 bridgehead atoms. The van der Waals surface area contributed by atoms with Crippen molar-refractivity contribution in [3.63, 3.8) is 0 Å². The molecule has 1 aromatic heterocycles. The van der Waals surface area contributed by atoms with Crippen LogP contribution in [0.5, 0.6) is 5.75 Å². The number of rotatable bonds is 3. The predicted molar refractivity (Wildman–Crippen MR) is 82.1 cm³/mol. The van der Waals surface area contributed by atoms with Gasteiger partial charge in [0.05, 0.1) is 7.11 Å². The van der Waals surface area contributed by atoms with Gasteiger partial charge in [0.25, 0.3) is 0 Å². The smallest absolute Gasteiger partial charge is 0.134 e. The molecule has 1 fully saturated rings. The first kappa shape index (κ1) is 13.2. The molecule has 1 aliphatic rings. The van der Waals surface area contributed by atoms with Crippen molar-refractivity contribution in [1.82, 2.24) is 4.98 Å². The summed E-state index contributed by atoms with van der Waals surface area (Å²) in [6.07, 6.45) is 6.51. The summed E-state index contributed by atoms with van der Waals surface area (Å²) in [5.74, 6) is 1.75. The Bertz CT molecular complexity index is 599. The van der Waals surface area contributed by atoms with E-state index in [9.17, 15) is 0 Å². The molecule has 0 saturated heterocycles. The molecule has 2 atom stereocenters. The molecule has 4 nitrogen and oxygen atoms in total. The van der Waals surface area contributed by atoms with Gasteiger partial charge in [-0.15, -0.1) is 0 Å². The normalized spacial score (nSPS) is 22.7. The van der Waals surface area contributed by atoms with Gasteiger partial charge in [0.15, 0.2) is 0 Å². The third-order valence-corrected chi connectivity index (χ3v) is 4.11. The van der Waals surface area contributed by atoms with E-state index in [1.807, 2.05) is 24.4 Å². The fourth-order valence-electron chi connectivity index (χ4n) is 2.90. The average Bonchev–Trinajstić information content (AvgIpc) is 2.49. The topological polar surface area (TPSA) is 60.2 Å². The number of methoxy groups -OCH3 is 1. The summed E-state index contributed by atoms with van der Waals surface area (Å²) in [5.41, 5.74) is 6.21. The molecule has 0 spiro atoms. The van der Waals surface area contributed by atoms with Gasteiger partial charge in [0.1, 0.15) is 11.6 Å². The molecular weight excluding hydrogens is 250 g/mol. The highest BCUT2D eigenvalue weighted by Gasteiger charge is 2.22. The lowest BCUT2D eigenvalue weighted by Gasteiger charge is -2.30. The second-order valence-corrected chi connectivity index (χ2v) is 5.45. The molecular formula is C16H21N3O. The predicted octanol–water partition coefficient (Wildman–Crippen LogP) is 2.93. The van der Waals surface area contributed by atoms with Gasteiger partial charge in [-0.1, -0.05) is 18.9 Å². The van der Waals surface area contributed by atoms with E-state index in [2.05, 4.69) is 16.4 Å². The van der Waals surface area contributed by atoms with Crippen molar-refractivity contribution in [2.45, 2.75) is 37.8 Å². The second-order valence-electron chi connectivity index (χ2n) is 5.45. The monoisotopic (exact) mass is 271 g/mol. The van der Waals surface area contributed by atoms with Crippen LogP contribution in [0.2, 0.25) is 0 Å². The van der Waals surface area contributed by atoms with E-state index in [1.165, 1.54) is 12.8 Å². The van der Waals surface area contributed by atoms with Gasteiger partial charge in [0, 0.05) is 23.7 Å². The Morgan fingerprint density at radius 3 is 2.90 bits per heavy atom. The van der Waals surface area contributed by atoms with Crippen molar-refractivity contribution in [3.8, 4) is 5.75 Å². The number of nitrogens with one attached hydrogen (secondary N) is 1. The van der Waals surface area contributed by atoms with Crippen LogP contribution in [0.3, 0.4) is 0 Å². The van der Waals surface area contributed by atoms with Gasteiger partial charge >= 0.3 is 0 Å². The maximum atomic E-state index is 6.21. The standard InChI is InChI=1S/C16H21N3O/c1-20-12-7-6-11-8-9-18-16(13(11)10-12)19-15-5-3-2-4-14(15)17/h6-10,14-15H,2-5,17H2,1H3,(H,18,19). The van der Waals surface area contributed by atoms with E-state index in [0.29, 0.717) is 6.04 Å². The zero-order valence-electron chi connectivity index (χ0n) is 11.8. The van der Waals surface area contributed by atoms with Crippen molar-refractivity contribution in [3.05, 3.63) is 30.5 Å². The molecule has 20 heavy (non-hydrogen) atoms. The molecule has 2 aromatic rings. The lowest BCUT2D eigenvalue weighted by molar-refractivity contribution is 0.403. The minimum atomic E-state index is 0.214. The minimum absolute atomic E-state index is 0.214. The Morgan fingerprint density at radius 1 is 1.25 bits per heavy atom. The van der Waals surface area contributed by atoms with E-state index >= 15 is 0 Å². The molecule has 0 radical (unpaired) electrons. The molecule has 1 saturated carbocycles. The van der Waals surface area contributed by atoms with Crippen molar-refractivity contribution in [2.75, 3.05) is 12.4 Å². The Morgan fingerprint density at radius 2 is 2.10 bits per heavy atom. The summed E-state index contributed by atoms with van der Waals surface area (Å²) in [5, 5.41) is 5.78. The van der Waals surface area contributed by atoms with Crippen LogP contribution >= 0.6 is 0 Å². The zero-order valence-corrected chi connectivity index (χ0v) is 11.8. The van der Waals surface area contributed by atoms with Crippen molar-refractivity contribution in [2.24, 2.45) is 5.73 Å². The Labute approximate surface area is 119 Å². The Balaban J connectivity index is 1.93. The minimum Gasteiger partial charge on any atom is -0.497 e. The maximum Gasteiger partial charge on any atom is 0.134 e. The highest BCUT2D eigenvalue weighted by Crippen LogP contribution is 2.28. The van der Waals surface area contributed by atoms with Gasteiger partial charge in [-0.3, -0.25) is 0 Å². The number of hydrogen-bond acceptors (Lipinski definition) is 4. The van der Waals surface area contributed by atoms with Gasteiger partial charge in [0.2, 0.25) is 0 Å². The molecule has 0 amide bonds. The highest BCUT2D eigenvalue weighted by atomic mass is 16.5. The summed E-state index contributed by atoms with van der Waals surface area (Å²) in [4.78, 5) is 4.49. The van der Waals surface area contributed by atoms with E-state index < -0.39 is 0 Å². The molecule has 2 unspecified atom stereocenters. The molecule has 0 aliphatic heterocycles. The molecule has 4 heteroatoms. The molecule has 3 N–H and O–H groups in total. The van der Waals surface area contributed by atoms with Gasteiger partial charge in [-0.2, -0.15) is 0 Å². The van der Waals surface area contributed by atoms with Gasteiger partial charge in [-0.05, 0) is 36.4 Å². The first-order valence-corrected chi connectivity index (χ1v) is 7.23. The van der Waals surface area contributed by atoms with Crippen LogP contribution in [0.25, 0.3) is 10.8 Å². The number of nitrogens with zero attached hydrogens (tertiary/aromatic N) is 1. The number of pyridine rings is 1. The van der Waals surface area contributed by atoms with Crippen LogP contribution in [0, 0.1) is 0 Å². The summed E-state index contributed by atoms with van der Waals surface area (Å²) in [7, 11) is 1.68. The summed E-state index contributed by atoms with van der Waals surface area (Å²) >= 11 is 0. The fourth-order valence-corrected chi connectivity index (χ4v) is 2.90. The SMILES string of the molecule is COc1ccc2ccnc(NC3CCCCC3N)c2c1. The van der Waals surface area contributed by atoms with Crippen LogP contribution < -0.4 is 15.8 Å². The van der Waals surface area contributed by atoms with Gasteiger partial charge < -0.3 is 15.8 Å². The zero-order chi connectivity index (χ0) is 13.9. The lowest BCUT2D eigenvalue weighted by atomic mass is 9.91. The Hall–Kier alpha value is -1.81. The fraction of sp³-hybridized carbons (Fsp3) is 0.438. The number of fused-ring (bicyclic) bond motifs is 1. The number of ether oxygens (including phenoxy) is 1. The second kappa shape index (κ2) is 5.67. The maximum absolute atomic E-state index is 6.21. The summed E-state index contributed by atoms with van der Waals surface area (Å²) < 4.78 is 5.31. The summed E-state index contributed by atoms with van der Waals surface area (Å²) in [6.45, 7) is 0. The summed E-state index contributed by atoms with van der Waals surface area (Å²) in [6, 6.07) is 8.60. The third-order valence-electron chi connectivity index (χ3n) is 4.11. The van der Waals surface area contributed by atoms with Crippen LogP contribution in [0.4, 0.5) is 5.82 Å². The Kier molecular flexibility index (Phi) is 3.74. The number of benzene rings is 1. The molecule has 3 rings (SSSR count). The largest absolute Gasteiger partial charge is 0.497 e. The molecule has 1 heterocycles. The average molecular weight is 271 g/mol. The third kappa shape index (κ3) is 2.56. The first-order valence-electron chi connectivity index (χ1n) is 7.23. The quantitative estimate of drug-likeness (QED) is 0.901. The number of hydrogen-bond donors (Lipinski definition) is 2. The van der Waals surface area contributed by atoms with E-state index in [0.717, 1.165) is 35.2 Å². The van der Waals surface area contributed by atoms with E-state index in [1.54, 1.807) is 7.11 Å². The molecule has 1 aromatic carbocycles. The molecule has 1 aliphatic carbocycles. The van der Waals surface area contributed by atoms with Crippen LogP contribution in [0.15, 0.2) is 30.5 Å². The van der Waals surface area contributed by atoms with Crippen molar-refractivity contribution < 1.29 is 4.74 Å². The first-order chi connectivity index (χ1) is 9.78. The molecule has 106 valence electrons. The van der Waals surface area contributed by atoms with Crippen LogP contribution in [0.1, 0.15) is 25.7 Å². The van der Waals surface area contributed by atoms with E-state index in [4.69, 9.17) is 10.5 Å². The highest BCUT2D eigenvalue weighted by molar-refractivity contribution is 5.92. The van der Waals surface area contributed by atoms with Crippen molar-refractivity contribution in [1.29, 1.82) is 0 Å². The van der Waals surface area contributed by atoms with Crippen LogP contribution in [-0.2, 0) is 0 Å². The number of nitrogens with two attached hydrogens (primary N) is 1.